The van der Waals surface area contributed by atoms with Gasteiger partial charge in [0.15, 0.2) is 5.78 Å². The lowest BCUT2D eigenvalue weighted by atomic mass is 10.1. The van der Waals surface area contributed by atoms with Crippen molar-refractivity contribution in [1.82, 2.24) is 4.98 Å². The Morgan fingerprint density at radius 3 is 2.81 bits per heavy atom. The maximum Gasteiger partial charge on any atom is 0.212 e. The van der Waals surface area contributed by atoms with E-state index in [9.17, 15) is 9.59 Å². The van der Waals surface area contributed by atoms with E-state index in [1.54, 1.807) is 12.1 Å². The summed E-state index contributed by atoms with van der Waals surface area (Å²) >= 11 is 0. The summed E-state index contributed by atoms with van der Waals surface area (Å²) in [6, 6.07) is 3.37. The first-order valence-corrected chi connectivity index (χ1v) is 5.25. The first-order chi connectivity index (χ1) is 7.77. The third-order valence-corrected chi connectivity index (χ3v) is 2.24. The van der Waals surface area contributed by atoms with Crippen LogP contribution in [0.5, 0.6) is 5.88 Å². The van der Waals surface area contributed by atoms with Gasteiger partial charge in [-0.3, -0.25) is 4.79 Å². The zero-order valence-electron chi connectivity index (χ0n) is 9.31. The van der Waals surface area contributed by atoms with Crippen molar-refractivity contribution >= 4 is 12.1 Å². The van der Waals surface area contributed by atoms with Gasteiger partial charge in [0.25, 0.3) is 0 Å². The number of carbonyl (C=O) groups is 2. The molecular weight excluding hydrogens is 206 g/mol. The quantitative estimate of drug-likeness (QED) is 0.401. The molecule has 86 valence electrons. The van der Waals surface area contributed by atoms with E-state index in [0.29, 0.717) is 24.3 Å². The molecule has 0 aliphatic carbocycles. The molecule has 0 fully saturated rings. The molecule has 16 heavy (non-hydrogen) atoms. The largest absolute Gasteiger partial charge is 0.481 e. The van der Waals surface area contributed by atoms with E-state index >= 15 is 0 Å². The molecule has 1 rings (SSSR count). The molecule has 0 saturated heterocycles. The van der Waals surface area contributed by atoms with Gasteiger partial charge in [-0.05, 0) is 18.9 Å². The molecule has 0 N–H and O–H groups in total. The molecule has 0 spiro atoms. The van der Waals surface area contributed by atoms with E-state index in [-0.39, 0.29) is 5.78 Å². The number of Topliss-reactive ketones (excluding diaryl/α,β-unsaturated/α-hetero) is 1. The molecule has 4 nitrogen and oxygen atoms in total. The predicted octanol–water partition coefficient (Wildman–Crippen LogP) is 2.03. The molecule has 0 bridgehead atoms. The Hall–Kier alpha value is -1.71. The minimum Gasteiger partial charge on any atom is -0.481 e. The van der Waals surface area contributed by atoms with E-state index in [1.807, 2.05) is 0 Å². The lowest BCUT2D eigenvalue weighted by Crippen LogP contribution is -2.00. The third kappa shape index (κ3) is 3.81. The monoisotopic (exact) mass is 221 g/mol. The molecule has 4 heteroatoms. The Morgan fingerprint density at radius 1 is 1.44 bits per heavy atom. The van der Waals surface area contributed by atoms with Crippen LogP contribution in [0.4, 0.5) is 0 Å². The van der Waals surface area contributed by atoms with Crippen molar-refractivity contribution in [3.63, 3.8) is 0 Å². The number of ketones is 1. The number of methoxy groups -OCH3 is 1. The maximum atomic E-state index is 11.6. The third-order valence-electron chi connectivity index (χ3n) is 2.24. The van der Waals surface area contributed by atoms with Crippen molar-refractivity contribution in [1.29, 1.82) is 0 Å². The standard InChI is InChI=1S/C12H15NO3/c1-16-12-7-6-10(9-13-12)11(15)5-3-2-4-8-14/h6-9H,2-5H2,1H3. The number of hydrogen-bond donors (Lipinski definition) is 0. The van der Waals surface area contributed by atoms with Crippen LogP contribution >= 0.6 is 0 Å². The van der Waals surface area contributed by atoms with E-state index in [2.05, 4.69) is 4.98 Å². The highest BCUT2D eigenvalue weighted by Gasteiger charge is 2.05. The maximum absolute atomic E-state index is 11.6. The summed E-state index contributed by atoms with van der Waals surface area (Å²) in [5.41, 5.74) is 0.590. The van der Waals surface area contributed by atoms with Crippen molar-refractivity contribution in [3.8, 4) is 5.88 Å². The first kappa shape index (κ1) is 12.4. The number of carbonyl (C=O) groups excluding carboxylic acids is 2. The van der Waals surface area contributed by atoms with Crippen molar-refractivity contribution in [2.75, 3.05) is 7.11 Å². The molecule has 0 amide bonds. The van der Waals surface area contributed by atoms with Gasteiger partial charge in [-0.25, -0.2) is 4.98 Å². The van der Waals surface area contributed by atoms with E-state index < -0.39 is 0 Å². The fourth-order valence-electron chi connectivity index (χ4n) is 1.32. The number of nitrogens with zero attached hydrogens (tertiary/aromatic N) is 1. The van der Waals surface area contributed by atoms with Gasteiger partial charge in [-0.1, -0.05) is 0 Å². The smallest absolute Gasteiger partial charge is 0.212 e. The molecule has 0 aromatic carbocycles. The molecule has 0 aliphatic heterocycles. The van der Waals surface area contributed by atoms with Crippen LogP contribution in [0.2, 0.25) is 0 Å². The van der Waals surface area contributed by atoms with Gasteiger partial charge >= 0.3 is 0 Å². The number of rotatable bonds is 7. The normalized spacial score (nSPS) is 9.81. The SMILES string of the molecule is COc1ccc(C(=O)CCCCC=O)cn1. The number of hydrogen-bond acceptors (Lipinski definition) is 4. The van der Waals surface area contributed by atoms with Gasteiger partial charge in [-0.15, -0.1) is 0 Å². The average molecular weight is 221 g/mol. The molecule has 0 unspecified atom stereocenters. The van der Waals surface area contributed by atoms with Crippen LogP contribution in [0.3, 0.4) is 0 Å². The van der Waals surface area contributed by atoms with Gasteiger partial charge in [-0.2, -0.15) is 0 Å². The number of aromatic nitrogens is 1. The Balaban J connectivity index is 2.43. The van der Waals surface area contributed by atoms with Crippen molar-refractivity contribution in [2.24, 2.45) is 0 Å². The van der Waals surface area contributed by atoms with Crippen LogP contribution in [0, 0.1) is 0 Å². The second-order valence-corrected chi connectivity index (χ2v) is 3.42. The molecule has 1 aromatic rings. The summed E-state index contributed by atoms with van der Waals surface area (Å²) in [4.78, 5) is 25.7. The first-order valence-electron chi connectivity index (χ1n) is 5.25. The summed E-state index contributed by atoms with van der Waals surface area (Å²) in [5.74, 6) is 0.554. The van der Waals surface area contributed by atoms with Crippen LogP contribution < -0.4 is 4.74 Å². The number of ether oxygens (including phenoxy) is 1. The molecule has 0 aliphatic rings. The van der Waals surface area contributed by atoms with Crippen LogP contribution in [0.1, 0.15) is 36.0 Å². The lowest BCUT2D eigenvalue weighted by Gasteiger charge is -2.01. The summed E-state index contributed by atoms with van der Waals surface area (Å²) < 4.78 is 4.90. The minimum absolute atomic E-state index is 0.0565. The summed E-state index contributed by atoms with van der Waals surface area (Å²) in [6.07, 6.45) is 4.87. The lowest BCUT2D eigenvalue weighted by molar-refractivity contribution is -0.107. The molecule has 0 radical (unpaired) electrons. The number of unbranched alkanes of at least 4 members (excludes halogenated alkanes) is 2. The highest BCUT2D eigenvalue weighted by molar-refractivity contribution is 5.95. The summed E-state index contributed by atoms with van der Waals surface area (Å²) in [5, 5.41) is 0. The van der Waals surface area contributed by atoms with Gasteiger partial charge in [0, 0.05) is 30.7 Å². The minimum atomic E-state index is 0.0565. The second-order valence-electron chi connectivity index (χ2n) is 3.42. The van der Waals surface area contributed by atoms with Crippen LogP contribution in [0.15, 0.2) is 18.3 Å². The van der Waals surface area contributed by atoms with E-state index in [1.165, 1.54) is 13.3 Å². The van der Waals surface area contributed by atoms with E-state index in [0.717, 1.165) is 19.1 Å². The zero-order valence-corrected chi connectivity index (χ0v) is 9.31. The molecule has 0 saturated carbocycles. The van der Waals surface area contributed by atoms with Gasteiger partial charge < -0.3 is 9.53 Å². The Morgan fingerprint density at radius 2 is 2.25 bits per heavy atom. The molecular formula is C12H15NO3. The Kier molecular flexibility index (Phi) is 5.19. The van der Waals surface area contributed by atoms with Gasteiger partial charge in [0.05, 0.1) is 7.11 Å². The number of pyridine rings is 1. The summed E-state index contributed by atoms with van der Waals surface area (Å²) in [7, 11) is 1.53. The van der Waals surface area contributed by atoms with Crippen molar-refractivity contribution in [2.45, 2.75) is 25.7 Å². The topological polar surface area (TPSA) is 56.3 Å². The van der Waals surface area contributed by atoms with Crippen LogP contribution in [-0.2, 0) is 4.79 Å². The zero-order chi connectivity index (χ0) is 11.8. The fourth-order valence-corrected chi connectivity index (χ4v) is 1.32. The molecule has 1 heterocycles. The van der Waals surface area contributed by atoms with Crippen molar-refractivity contribution in [3.05, 3.63) is 23.9 Å². The van der Waals surface area contributed by atoms with E-state index in [4.69, 9.17) is 4.74 Å². The molecule has 1 aromatic heterocycles. The van der Waals surface area contributed by atoms with Crippen LogP contribution in [-0.4, -0.2) is 24.2 Å². The van der Waals surface area contributed by atoms with Gasteiger partial charge in [0.2, 0.25) is 5.88 Å². The van der Waals surface area contributed by atoms with Crippen molar-refractivity contribution < 1.29 is 14.3 Å². The predicted molar refractivity (Wildman–Crippen MR) is 59.7 cm³/mol. The fraction of sp³-hybridized carbons (Fsp3) is 0.417. The Bertz CT molecular complexity index is 346. The highest BCUT2D eigenvalue weighted by atomic mass is 16.5. The van der Waals surface area contributed by atoms with Gasteiger partial charge in [0.1, 0.15) is 6.29 Å². The Labute approximate surface area is 94.6 Å². The molecule has 0 atom stereocenters. The van der Waals surface area contributed by atoms with Crippen LogP contribution in [0.25, 0.3) is 0 Å². The summed E-state index contributed by atoms with van der Waals surface area (Å²) in [6.45, 7) is 0. The highest BCUT2D eigenvalue weighted by Crippen LogP contribution is 2.10. The number of aldehydes is 1. The average Bonchev–Trinajstić information content (AvgIpc) is 2.34. The second kappa shape index (κ2) is 6.71.